The van der Waals surface area contributed by atoms with Crippen LogP contribution in [0.2, 0.25) is 10.0 Å². The molecule has 0 fully saturated rings. The number of carbonyl (C=O) groups excluding carboxylic acids is 1. The van der Waals surface area contributed by atoms with E-state index in [1.54, 1.807) is 24.1 Å². The molecule has 2 rings (SSSR count). The summed E-state index contributed by atoms with van der Waals surface area (Å²) in [5, 5.41) is 0.951. The Balaban J connectivity index is 2.12. The summed E-state index contributed by atoms with van der Waals surface area (Å²) in [5.41, 5.74) is 1.33. The van der Waals surface area contributed by atoms with E-state index in [2.05, 4.69) is 0 Å². The quantitative estimate of drug-likeness (QED) is 0.721. The minimum absolute atomic E-state index is 0.128. The minimum Gasteiger partial charge on any atom is -0.491 e. The fraction of sp³-hybridized carbons (Fsp3) is 0.316. The fourth-order valence-electron chi connectivity index (χ4n) is 2.31. The molecule has 0 heterocycles. The molecule has 25 heavy (non-hydrogen) atoms. The van der Waals surface area contributed by atoms with Crippen molar-refractivity contribution in [3.8, 4) is 5.75 Å². The van der Waals surface area contributed by atoms with Crippen molar-refractivity contribution in [2.45, 2.75) is 6.54 Å². The number of hydrogen-bond donors (Lipinski definition) is 0. The Morgan fingerprint density at radius 1 is 1.04 bits per heavy atom. The normalized spacial score (nSPS) is 10.8. The summed E-state index contributed by atoms with van der Waals surface area (Å²) < 4.78 is 5.78. The second-order valence-corrected chi connectivity index (χ2v) is 6.81. The van der Waals surface area contributed by atoms with Gasteiger partial charge >= 0.3 is 0 Å². The summed E-state index contributed by atoms with van der Waals surface area (Å²) in [6.07, 6.45) is 0. The molecule has 0 aliphatic heterocycles. The molecule has 0 N–H and O–H groups in total. The Morgan fingerprint density at radius 3 is 2.48 bits per heavy atom. The van der Waals surface area contributed by atoms with Crippen LogP contribution in [-0.4, -0.2) is 50.0 Å². The molecule has 0 aliphatic rings. The molecule has 0 atom stereocenters. The summed E-state index contributed by atoms with van der Waals surface area (Å²) in [4.78, 5) is 16.5. The smallest absolute Gasteiger partial charge is 0.257 e. The van der Waals surface area contributed by atoms with Gasteiger partial charge in [0.1, 0.15) is 12.4 Å². The van der Waals surface area contributed by atoms with Crippen molar-refractivity contribution in [1.82, 2.24) is 9.80 Å². The number of para-hydroxylation sites is 1. The van der Waals surface area contributed by atoms with Crippen molar-refractivity contribution >= 4 is 29.1 Å². The van der Waals surface area contributed by atoms with E-state index in [-0.39, 0.29) is 5.91 Å². The van der Waals surface area contributed by atoms with Crippen LogP contribution in [0.3, 0.4) is 0 Å². The molecule has 134 valence electrons. The number of hydrogen-bond acceptors (Lipinski definition) is 3. The molecule has 0 saturated carbocycles. The molecule has 0 bridgehead atoms. The third kappa shape index (κ3) is 5.36. The zero-order chi connectivity index (χ0) is 18.4. The van der Waals surface area contributed by atoms with Gasteiger partial charge in [-0.1, -0.05) is 47.5 Å². The number of nitrogens with zero attached hydrogens (tertiary/aromatic N) is 2. The van der Waals surface area contributed by atoms with Gasteiger partial charge in [-0.2, -0.15) is 0 Å². The maximum Gasteiger partial charge on any atom is 0.257 e. The molecule has 0 aromatic heterocycles. The molecule has 1 amide bonds. The van der Waals surface area contributed by atoms with Crippen molar-refractivity contribution < 1.29 is 9.53 Å². The lowest BCUT2D eigenvalue weighted by Gasteiger charge is -2.20. The molecule has 0 unspecified atom stereocenters. The van der Waals surface area contributed by atoms with Crippen LogP contribution in [0.1, 0.15) is 15.9 Å². The van der Waals surface area contributed by atoms with E-state index in [9.17, 15) is 4.79 Å². The average Bonchev–Trinajstić information content (AvgIpc) is 2.58. The molecule has 0 aliphatic carbocycles. The van der Waals surface area contributed by atoms with E-state index < -0.39 is 0 Å². The summed E-state index contributed by atoms with van der Waals surface area (Å²) in [6.45, 7) is 1.65. The monoisotopic (exact) mass is 380 g/mol. The van der Waals surface area contributed by atoms with E-state index in [0.717, 1.165) is 12.1 Å². The van der Waals surface area contributed by atoms with Crippen molar-refractivity contribution in [1.29, 1.82) is 0 Å². The summed E-state index contributed by atoms with van der Waals surface area (Å²) in [6, 6.07) is 12.7. The van der Waals surface area contributed by atoms with Crippen LogP contribution >= 0.6 is 23.2 Å². The van der Waals surface area contributed by atoms with E-state index in [1.165, 1.54) is 0 Å². The van der Waals surface area contributed by atoms with Crippen LogP contribution in [0.4, 0.5) is 0 Å². The van der Waals surface area contributed by atoms with Gasteiger partial charge in [0, 0.05) is 20.1 Å². The second-order valence-electron chi connectivity index (χ2n) is 6.02. The van der Waals surface area contributed by atoms with Gasteiger partial charge in [-0.05, 0) is 37.9 Å². The molecular formula is C19H22Cl2N2O2. The largest absolute Gasteiger partial charge is 0.491 e. The highest BCUT2D eigenvalue weighted by molar-refractivity contribution is 6.42. The standard InChI is InChI=1S/C19H22Cl2N2O2/c1-22(2)11-12-25-17-10-5-4-8-15(17)19(24)23(3)13-14-7-6-9-16(20)18(14)21/h4-10H,11-13H2,1-3H3. The fourth-order valence-corrected chi connectivity index (χ4v) is 2.69. The first kappa shape index (κ1) is 19.6. The van der Waals surface area contributed by atoms with Crippen molar-refractivity contribution in [2.24, 2.45) is 0 Å². The first-order valence-electron chi connectivity index (χ1n) is 7.95. The Hall–Kier alpha value is -1.75. The van der Waals surface area contributed by atoms with Gasteiger partial charge in [0.2, 0.25) is 0 Å². The summed E-state index contributed by atoms with van der Waals surface area (Å²) >= 11 is 12.3. The molecule has 4 nitrogen and oxygen atoms in total. The SMILES string of the molecule is CN(C)CCOc1ccccc1C(=O)N(C)Cc1cccc(Cl)c1Cl. The highest BCUT2D eigenvalue weighted by Gasteiger charge is 2.18. The van der Waals surface area contributed by atoms with E-state index in [0.29, 0.717) is 34.5 Å². The highest BCUT2D eigenvalue weighted by atomic mass is 35.5. The average molecular weight is 381 g/mol. The van der Waals surface area contributed by atoms with E-state index >= 15 is 0 Å². The number of carbonyl (C=O) groups is 1. The molecule has 0 radical (unpaired) electrons. The van der Waals surface area contributed by atoms with Crippen molar-refractivity contribution in [3.05, 3.63) is 63.6 Å². The predicted molar refractivity (Wildman–Crippen MR) is 103 cm³/mol. The number of rotatable bonds is 7. The molecule has 0 saturated heterocycles. The number of amides is 1. The van der Waals surface area contributed by atoms with E-state index in [1.807, 2.05) is 49.3 Å². The molecule has 6 heteroatoms. The van der Waals surface area contributed by atoms with E-state index in [4.69, 9.17) is 27.9 Å². The van der Waals surface area contributed by atoms with Crippen LogP contribution in [0.5, 0.6) is 5.75 Å². The predicted octanol–water partition coefficient (Wildman–Crippen LogP) is 4.21. The van der Waals surface area contributed by atoms with Crippen molar-refractivity contribution in [3.63, 3.8) is 0 Å². The van der Waals surface area contributed by atoms with Gasteiger partial charge in [-0.3, -0.25) is 4.79 Å². The lowest BCUT2D eigenvalue weighted by molar-refractivity contribution is 0.0780. The van der Waals surface area contributed by atoms with Gasteiger partial charge in [0.05, 0.1) is 15.6 Å². The topological polar surface area (TPSA) is 32.8 Å². The Bertz CT molecular complexity index is 735. The van der Waals surface area contributed by atoms with Crippen molar-refractivity contribution in [2.75, 3.05) is 34.3 Å². The van der Waals surface area contributed by atoms with Gasteiger partial charge < -0.3 is 14.5 Å². The van der Waals surface area contributed by atoms with Crippen LogP contribution in [-0.2, 0) is 6.54 Å². The first-order chi connectivity index (χ1) is 11.9. The summed E-state index contributed by atoms with van der Waals surface area (Å²) in [5.74, 6) is 0.454. The molecule has 0 spiro atoms. The van der Waals surface area contributed by atoms with Gasteiger partial charge in [0.25, 0.3) is 5.91 Å². The highest BCUT2D eigenvalue weighted by Crippen LogP contribution is 2.27. The third-order valence-electron chi connectivity index (χ3n) is 3.70. The van der Waals surface area contributed by atoms with Gasteiger partial charge in [-0.25, -0.2) is 0 Å². The number of benzene rings is 2. The van der Waals surface area contributed by atoms with Crippen LogP contribution in [0, 0.1) is 0 Å². The Kier molecular flexibility index (Phi) is 7.12. The zero-order valence-electron chi connectivity index (χ0n) is 14.6. The Labute approximate surface area is 158 Å². The van der Waals surface area contributed by atoms with Gasteiger partial charge in [0.15, 0.2) is 0 Å². The van der Waals surface area contributed by atoms with Crippen LogP contribution in [0.15, 0.2) is 42.5 Å². The summed E-state index contributed by atoms with van der Waals surface area (Å²) in [7, 11) is 5.68. The van der Waals surface area contributed by atoms with Gasteiger partial charge in [-0.15, -0.1) is 0 Å². The number of halogens is 2. The maximum atomic E-state index is 12.8. The lowest BCUT2D eigenvalue weighted by Crippen LogP contribution is -2.27. The van der Waals surface area contributed by atoms with Crippen LogP contribution in [0.25, 0.3) is 0 Å². The lowest BCUT2D eigenvalue weighted by atomic mass is 10.1. The molecule has 2 aromatic carbocycles. The first-order valence-corrected chi connectivity index (χ1v) is 8.70. The maximum absolute atomic E-state index is 12.8. The molecule has 2 aromatic rings. The second kappa shape index (κ2) is 9.09. The van der Waals surface area contributed by atoms with Crippen LogP contribution < -0.4 is 4.74 Å². The minimum atomic E-state index is -0.128. The number of likely N-dealkylation sites (N-methyl/N-ethyl adjacent to an activating group) is 1. The number of ether oxygens (including phenoxy) is 1. The molecular weight excluding hydrogens is 359 g/mol. The Morgan fingerprint density at radius 2 is 1.76 bits per heavy atom. The third-order valence-corrected chi connectivity index (χ3v) is 4.56. The zero-order valence-corrected chi connectivity index (χ0v) is 16.1.